The van der Waals surface area contributed by atoms with Crippen LogP contribution in [-0.4, -0.2) is 13.1 Å². The first-order valence-corrected chi connectivity index (χ1v) is 18.1. The van der Waals surface area contributed by atoms with E-state index in [0.717, 1.165) is 0 Å². The maximum Gasteiger partial charge on any atom is 0 e. The molecule has 4 radical (unpaired) electrons. The summed E-state index contributed by atoms with van der Waals surface area (Å²) < 4.78 is 0. The second-order valence-electron chi connectivity index (χ2n) is 12.4. The molecule has 228 valence electrons. The van der Waals surface area contributed by atoms with E-state index in [1.165, 1.54) is 219 Å². The molecule has 0 aromatic rings. The van der Waals surface area contributed by atoms with Crippen LogP contribution in [0.4, 0.5) is 0 Å². The van der Waals surface area contributed by atoms with Crippen molar-refractivity contribution in [1.82, 2.24) is 5.32 Å². The van der Waals surface area contributed by atoms with E-state index in [1.807, 2.05) is 0 Å². The van der Waals surface area contributed by atoms with Crippen LogP contribution in [0, 0.1) is 7.43 Å². The molecule has 0 spiro atoms. The molecule has 38 heavy (non-hydrogen) atoms. The highest BCUT2D eigenvalue weighted by Crippen LogP contribution is 2.15. The van der Waals surface area contributed by atoms with Crippen molar-refractivity contribution in [2.75, 3.05) is 13.1 Å². The van der Waals surface area contributed by atoms with Crippen molar-refractivity contribution in [3.63, 3.8) is 0 Å². The second-order valence-corrected chi connectivity index (χ2v) is 12.4. The molecule has 0 saturated heterocycles. The molecule has 0 aromatic heterocycles. The van der Waals surface area contributed by atoms with E-state index in [0.29, 0.717) is 0 Å². The average molecular weight is 534 g/mol. The Morgan fingerprint density at radius 3 is 0.579 bits per heavy atom. The van der Waals surface area contributed by atoms with E-state index >= 15 is 0 Å². The predicted octanol–water partition coefficient (Wildman–Crippen LogP) is 13.2. The van der Waals surface area contributed by atoms with Gasteiger partial charge in [0.1, 0.15) is 0 Å². The molecule has 0 rings (SSSR count). The Morgan fingerprint density at radius 1 is 0.237 bits per heavy atom. The van der Waals surface area contributed by atoms with Gasteiger partial charge in [-0.2, -0.15) is 0 Å². The molecule has 0 atom stereocenters. The van der Waals surface area contributed by atoms with Gasteiger partial charge in [0, 0.05) is 7.43 Å². The fraction of sp³-hybridized carbons (Fsp3) is 0.973. The van der Waals surface area contributed by atoms with Crippen LogP contribution >= 0.6 is 0 Å². The minimum Gasteiger partial charge on any atom is -0.317 e. The van der Waals surface area contributed by atoms with Gasteiger partial charge in [0.25, 0.3) is 0 Å². The molecule has 0 aliphatic rings. The molecule has 0 fully saturated rings. The Hall–Kier alpha value is -0.0400. The minimum atomic E-state index is 0. The Kier molecular flexibility index (Phi) is 41.3. The summed E-state index contributed by atoms with van der Waals surface area (Å²) in [5, 5.41) is 3.68. The summed E-state index contributed by atoms with van der Waals surface area (Å²) in [5.41, 5.74) is 0. The van der Waals surface area contributed by atoms with Gasteiger partial charge in [-0.15, -0.1) is 0 Å². The zero-order chi connectivity index (χ0) is 26.7. The quantitative estimate of drug-likeness (QED) is 0.0811. The van der Waals surface area contributed by atoms with Gasteiger partial charge in [-0.05, 0) is 25.9 Å². The van der Waals surface area contributed by atoms with Crippen LogP contribution in [0.2, 0.25) is 0 Å². The Labute approximate surface area is 244 Å². The van der Waals surface area contributed by atoms with Gasteiger partial charge in [0.2, 0.25) is 0 Å². The lowest BCUT2D eigenvalue weighted by atomic mass is 10.0. The molecule has 1 nitrogen and oxygen atoms in total. The third kappa shape index (κ3) is 38.1. The number of nitrogens with one attached hydrogen (secondary N) is 1. The van der Waals surface area contributed by atoms with Crippen LogP contribution in [-0.2, 0) is 0 Å². The Morgan fingerprint density at radius 2 is 0.395 bits per heavy atom. The smallest absolute Gasteiger partial charge is 0 e. The molecule has 0 aliphatic heterocycles. The molecule has 0 heterocycles. The van der Waals surface area contributed by atoms with Gasteiger partial charge >= 0.3 is 0 Å². The van der Waals surface area contributed by atoms with Crippen molar-refractivity contribution in [3.05, 3.63) is 7.43 Å². The van der Waals surface area contributed by atoms with Crippen molar-refractivity contribution < 1.29 is 0 Å². The molecule has 1 N–H and O–H groups in total. The van der Waals surface area contributed by atoms with Gasteiger partial charge in [-0.3, -0.25) is 0 Å². The van der Waals surface area contributed by atoms with Crippen molar-refractivity contribution in [2.24, 2.45) is 0 Å². The van der Waals surface area contributed by atoms with Gasteiger partial charge in [0.15, 0.2) is 0 Å². The molecule has 0 aliphatic carbocycles. The van der Waals surface area contributed by atoms with E-state index in [1.54, 1.807) is 0 Å². The molecule has 0 amide bonds. The highest BCUT2D eigenvalue weighted by Gasteiger charge is 1.97. The number of rotatable bonds is 34. The summed E-state index contributed by atoms with van der Waals surface area (Å²) >= 11 is 0. The Bertz CT molecular complexity index is 332. The minimum absolute atomic E-state index is 0. The van der Waals surface area contributed by atoms with Crippen LogP contribution < -0.4 is 5.32 Å². The number of hydrogen-bond donors (Lipinski definition) is 1. The summed E-state index contributed by atoms with van der Waals surface area (Å²) in [4.78, 5) is 0. The van der Waals surface area contributed by atoms with Crippen LogP contribution in [0.15, 0.2) is 0 Å². The summed E-state index contributed by atoms with van der Waals surface area (Å²) in [6, 6.07) is 0. The standard InChI is InChI=1S/C36H75N.C/c1-3-5-7-9-11-13-15-17-19-21-23-25-27-29-31-33-35-37-36-34-32-30-28-26-24-22-20-18-16-14-12-10-8-6-4-2;/h37H,3-36H2,1-2H3;. The van der Waals surface area contributed by atoms with Gasteiger partial charge in [-0.1, -0.05) is 206 Å². The average Bonchev–Trinajstić information content (AvgIpc) is 2.91. The van der Waals surface area contributed by atoms with Crippen LogP contribution in [0.3, 0.4) is 0 Å². The molecule has 1 heteroatoms. The third-order valence-corrected chi connectivity index (χ3v) is 8.41. The molecule has 0 aromatic carbocycles. The third-order valence-electron chi connectivity index (χ3n) is 8.41. The molecular formula is C37H75N. The van der Waals surface area contributed by atoms with Crippen LogP contribution in [0.1, 0.15) is 219 Å². The fourth-order valence-electron chi connectivity index (χ4n) is 5.72. The maximum absolute atomic E-state index is 3.68. The molecule has 0 bridgehead atoms. The largest absolute Gasteiger partial charge is 0.317 e. The topological polar surface area (TPSA) is 12.0 Å². The van der Waals surface area contributed by atoms with E-state index < -0.39 is 0 Å². The number of unbranched alkanes of at least 4 members (excludes halogenated alkanes) is 30. The predicted molar refractivity (Wildman–Crippen MR) is 175 cm³/mol. The highest BCUT2D eigenvalue weighted by molar-refractivity contribution is 4.54. The van der Waals surface area contributed by atoms with Crippen LogP contribution in [0.25, 0.3) is 0 Å². The first kappa shape index (κ1) is 40.1. The summed E-state index contributed by atoms with van der Waals surface area (Å²) in [7, 11) is 0. The lowest BCUT2D eigenvalue weighted by Gasteiger charge is -2.06. The summed E-state index contributed by atoms with van der Waals surface area (Å²) in [6.07, 6.45) is 46.7. The lowest BCUT2D eigenvalue weighted by molar-refractivity contribution is 0.515. The zero-order valence-corrected chi connectivity index (χ0v) is 27.0. The number of hydrogen-bond acceptors (Lipinski definition) is 1. The molecule has 0 saturated carbocycles. The van der Waals surface area contributed by atoms with Gasteiger partial charge in [0.05, 0.1) is 0 Å². The van der Waals surface area contributed by atoms with Gasteiger partial charge in [-0.25, -0.2) is 0 Å². The monoisotopic (exact) mass is 534 g/mol. The van der Waals surface area contributed by atoms with Crippen molar-refractivity contribution in [1.29, 1.82) is 0 Å². The van der Waals surface area contributed by atoms with E-state index in [2.05, 4.69) is 19.2 Å². The van der Waals surface area contributed by atoms with E-state index in [9.17, 15) is 0 Å². The van der Waals surface area contributed by atoms with Crippen molar-refractivity contribution in [3.8, 4) is 0 Å². The zero-order valence-electron chi connectivity index (χ0n) is 27.0. The lowest BCUT2D eigenvalue weighted by Crippen LogP contribution is -2.16. The summed E-state index contributed by atoms with van der Waals surface area (Å²) in [5.74, 6) is 0. The Balaban J connectivity index is 0. The molecular weight excluding hydrogens is 458 g/mol. The first-order valence-electron chi connectivity index (χ1n) is 18.1. The van der Waals surface area contributed by atoms with E-state index in [-0.39, 0.29) is 7.43 Å². The van der Waals surface area contributed by atoms with E-state index in [4.69, 9.17) is 0 Å². The van der Waals surface area contributed by atoms with Crippen molar-refractivity contribution in [2.45, 2.75) is 219 Å². The van der Waals surface area contributed by atoms with Crippen LogP contribution in [0.5, 0.6) is 0 Å². The highest BCUT2D eigenvalue weighted by atomic mass is 14.8. The van der Waals surface area contributed by atoms with Gasteiger partial charge < -0.3 is 5.32 Å². The SMILES string of the molecule is CCCCCCCCCCCCCCCCCCNCCCCCCCCCCCCCCCCCC.[C]. The normalized spacial score (nSPS) is 11.2. The first-order chi connectivity index (χ1) is 18.4. The van der Waals surface area contributed by atoms with Crippen molar-refractivity contribution >= 4 is 0 Å². The molecule has 0 unspecified atom stereocenters. The second kappa shape index (κ2) is 39.1. The fourth-order valence-corrected chi connectivity index (χ4v) is 5.72. The summed E-state index contributed by atoms with van der Waals surface area (Å²) in [6.45, 7) is 7.11. The maximum atomic E-state index is 3.68.